The van der Waals surface area contributed by atoms with Crippen LogP contribution in [0.5, 0.6) is 5.75 Å². The zero-order valence-electron chi connectivity index (χ0n) is 10.7. The Balaban J connectivity index is 2.65. The van der Waals surface area contributed by atoms with E-state index in [4.69, 9.17) is 4.74 Å². The van der Waals surface area contributed by atoms with Gasteiger partial charge in [-0.3, -0.25) is 0 Å². The van der Waals surface area contributed by atoms with Crippen LogP contribution in [0.15, 0.2) is 27.1 Å². The normalized spacial score (nSPS) is 10.6. The van der Waals surface area contributed by atoms with Crippen LogP contribution >= 0.6 is 31.9 Å². The molecule has 2 rings (SSSR count). The second kappa shape index (κ2) is 5.46. The number of pyridine rings is 1. The Kier molecular flexibility index (Phi) is 4.10. The highest BCUT2D eigenvalue weighted by atomic mass is 79.9. The summed E-state index contributed by atoms with van der Waals surface area (Å²) in [4.78, 5) is 17.5. The van der Waals surface area contributed by atoms with Crippen LogP contribution in [0.2, 0.25) is 0 Å². The van der Waals surface area contributed by atoms with Crippen molar-refractivity contribution in [2.45, 2.75) is 6.92 Å². The van der Waals surface area contributed by atoms with Gasteiger partial charge in [-0.25, -0.2) is 9.78 Å². The Hall–Kier alpha value is -1.14. The first-order valence-electron chi connectivity index (χ1n) is 5.54. The number of ether oxygens (including phenoxy) is 1. The van der Waals surface area contributed by atoms with Gasteiger partial charge in [-0.1, -0.05) is 15.9 Å². The lowest BCUT2D eigenvalue weighted by Gasteiger charge is -2.14. The summed E-state index contributed by atoms with van der Waals surface area (Å²) in [5.41, 5.74) is 1.51. The molecular weight excluding hydrogens is 376 g/mol. The van der Waals surface area contributed by atoms with E-state index >= 15 is 0 Å². The molecule has 0 bridgehead atoms. The largest absolute Gasteiger partial charge is 0.414 e. The summed E-state index contributed by atoms with van der Waals surface area (Å²) in [6, 6.07) is 5.71. The first kappa shape index (κ1) is 14.3. The minimum Gasteiger partial charge on any atom is -0.407 e. The number of nitrogens with zero attached hydrogens (tertiary/aromatic N) is 2. The van der Waals surface area contributed by atoms with E-state index in [2.05, 4.69) is 36.8 Å². The van der Waals surface area contributed by atoms with Crippen molar-refractivity contribution in [1.29, 1.82) is 0 Å². The van der Waals surface area contributed by atoms with Crippen molar-refractivity contribution in [3.05, 3.63) is 32.8 Å². The predicted octanol–water partition coefficient (Wildman–Crippen LogP) is 4.13. The Morgan fingerprint density at radius 3 is 2.58 bits per heavy atom. The number of rotatable bonds is 1. The quantitative estimate of drug-likeness (QED) is 0.738. The van der Waals surface area contributed by atoms with Crippen LogP contribution in [0.25, 0.3) is 10.9 Å². The highest BCUT2D eigenvalue weighted by Gasteiger charge is 2.16. The maximum absolute atomic E-state index is 11.7. The molecule has 0 spiro atoms. The molecular formula is C13H12Br2N2O2. The standard InChI is InChI=1S/C13H12Br2N2O2/c1-7-4-5-8-9(14)6-10(15)12(11(8)16-7)19-13(18)17(2)3/h4-6H,1-3H3. The lowest BCUT2D eigenvalue weighted by atomic mass is 10.2. The zero-order valence-corrected chi connectivity index (χ0v) is 13.9. The van der Waals surface area contributed by atoms with Crippen LogP contribution in [0.3, 0.4) is 0 Å². The fourth-order valence-electron chi connectivity index (χ4n) is 1.57. The molecule has 0 N–H and O–H groups in total. The Labute approximate surface area is 128 Å². The van der Waals surface area contributed by atoms with Crippen LogP contribution in [-0.2, 0) is 0 Å². The van der Waals surface area contributed by atoms with E-state index in [1.165, 1.54) is 4.90 Å². The number of halogens is 2. The second-order valence-electron chi connectivity index (χ2n) is 4.28. The Morgan fingerprint density at radius 1 is 1.26 bits per heavy atom. The van der Waals surface area contributed by atoms with Crippen LogP contribution in [0.4, 0.5) is 4.79 Å². The summed E-state index contributed by atoms with van der Waals surface area (Å²) in [5, 5.41) is 0.898. The Bertz CT molecular complexity index is 657. The highest BCUT2D eigenvalue weighted by molar-refractivity contribution is 9.11. The van der Waals surface area contributed by atoms with Crippen LogP contribution in [0, 0.1) is 6.92 Å². The fraction of sp³-hybridized carbons (Fsp3) is 0.231. The molecule has 0 aliphatic carbocycles. The second-order valence-corrected chi connectivity index (χ2v) is 5.99. The number of aryl methyl sites for hydroxylation is 1. The summed E-state index contributed by atoms with van der Waals surface area (Å²) in [6.07, 6.45) is -0.437. The monoisotopic (exact) mass is 386 g/mol. The maximum Gasteiger partial charge on any atom is 0.414 e. The average Bonchev–Trinajstić information content (AvgIpc) is 2.33. The van der Waals surface area contributed by atoms with Gasteiger partial charge < -0.3 is 9.64 Å². The molecule has 0 aliphatic rings. The van der Waals surface area contributed by atoms with E-state index in [0.29, 0.717) is 15.7 Å². The predicted molar refractivity (Wildman–Crippen MR) is 81.6 cm³/mol. The molecule has 6 heteroatoms. The third-order valence-corrected chi connectivity index (χ3v) is 3.78. The molecule has 1 aromatic carbocycles. The number of hydrogen-bond donors (Lipinski definition) is 0. The van der Waals surface area contributed by atoms with Crippen molar-refractivity contribution in [2.24, 2.45) is 0 Å². The van der Waals surface area contributed by atoms with Crippen LogP contribution < -0.4 is 4.74 Å². The topological polar surface area (TPSA) is 42.4 Å². The van der Waals surface area contributed by atoms with E-state index < -0.39 is 6.09 Å². The van der Waals surface area contributed by atoms with Gasteiger partial charge in [-0.2, -0.15) is 0 Å². The summed E-state index contributed by atoms with van der Waals surface area (Å²) in [6.45, 7) is 1.89. The lowest BCUT2D eigenvalue weighted by Crippen LogP contribution is -2.25. The molecule has 1 amide bonds. The third kappa shape index (κ3) is 2.90. The minimum absolute atomic E-state index is 0.431. The van der Waals surface area contributed by atoms with Gasteiger partial charge in [0.1, 0.15) is 5.52 Å². The lowest BCUT2D eigenvalue weighted by molar-refractivity contribution is 0.172. The van der Waals surface area contributed by atoms with E-state index in [1.807, 2.05) is 25.1 Å². The molecule has 0 fully saturated rings. The molecule has 4 nitrogen and oxygen atoms in total. The van der Waals surface area contributed by atoms with Crippen LogP contribution in [0.1, 0.15) is 5.69 Å². The summed E-state index contributed by atoms with van der Waals surface area (Å²) in [7, 11) is 3.27. The molecule has 2 aromatic rings. The summed E-state index contributed by atoms with van der Waals surface area (Å²) >= 11 is 6.89. The van der Waals surface area contributed by atoms with Crippen molar-refractivity contribution in [2.75, 3.05) is 14.1 Å². The van der Waals surface area contributed by atoms with Gasteiger partial charge in [0.15, 0.2) is 5.75 Å². The number of amides is 1. The van der Waals surface area contributed by atoms with Crippen molar-refractivity contribution in [3.8, 4) is 5.75 Å². The van der Waals surface area contributed by atoms with Gasteiger partial charge in [-0.15, -0.1) is 0 Å². The first-order chi connectivity index (χ1) is 8.90. The number of hydrogen-bond acceptors (Lipinski definition) is 3. The molecule has 0 saturated carbocycles. The summed E-state index contributed by atoms with van der Waals surface area (Å²) < 4.78 is 6.96. The number of carbonyl (C=O) groups is 1. The number of fused-ring (bicyclic) bond motifs is 1. The van der Waals surface area contributed by atoms with Crippen LogP contribution in [-0.4, -0.2) is 30.1 Å². The van der Waals surface area contributed by atoms with Gasteiger partial charge in [0, 0.05) is 29.6 Å². The van der Waals surface area contributed by atoms with Crippen molar-refractivity contribution >= 4 is 48.9 Å². The van der Waals surface area contributed by atoms with E-state index in [9.17, 15) is 4.79 Å². The SMILES string of the molecule is Cc1ccc2c(Br)cc(Br)c(OC(=O)N(C)C)c2n1. The molecule has 0 atom stereocenters. The zero-order chi connectivity index (χ0) is 14.2. The van der Waals surface area contributed by atoms with Gasteiger partial charge in [0.25, 0.3) is 0 Å². The number of carbonyl (C=O) groups excluding carboxylic acids is 1. The van der Waals surface area contributed by atoms with E-state index in [-0.39, 0.29) is 0 Å². The minimum atomic E-state index is -0.437. The molecule has 19 heavy (non-hydrogen) atoms. The van der Waals surface area contributed by atoms with Crippen molar-refractivity contribution in [3.63, 3.8) is 0 Å². The van der Waals surface area contributed by atoms with Gasteiger partial charge in [-0.05, 0) is 41.1 Å². The molecule has 0 radical (unpaired) electrons. The molecule has 0 unspecified atom stereocenters. The molecule has 0 aliphatic heterocycles. The van der Waals surface area contributed by atoms with Gasteiger partial charge >= 0.3 is 6.09 Å². The van der Waals surface area contributed by atoms with Crippen molar-refractivity contribution < 1.29 is 9.53 Å². The maximum atomic E-state index is 11.7. The van der Waals surface area contributed by atoms with Gasteiger partial charge in [0.2, 0.25) is 0 Å². The van der Waals surface area contributed by atoms with E-state index in [1.54, 1.807) is 14.1 Å². The van der Waals surface area contributed by atoms with Gasteiger partial charge in [0.05, 0.1) is 4.47 Å². The Morgan fingerprint density at radius 2 is 1.95 bits per heavy atom. The number of aromatic nitrogens is 1. The van der Waals surface area contributed by atoms with E-state index in [0.717, 1.165) is 15.6 Å². The highest BCUT2D eigenvalue weighted by Crippen LogP contribution is 2.37. The third-order valence-electron chi connectivity index (χ3n) is 2.53. The smallest absolute Gasteiger partial charge is 0.407 e. The summed E-state index contributed by atoms with van der Waals surface area (Å²) in [5.74, 6) is 0.431. The molecule has 1 aromatic heterocycles. The number of benzene rings is 1. The molecule has 0 saturated heterocycles. The fourth-order valence-corrected chi connectivity index (χ4v) is 2.92. The van der Waals surface area contributed by atoms with Crippen molar-refractivity contribution in [1.82, 2.24) is 9.88 Å². The molecule has 1 heterocycles. The molecule has 100 valence electrons. The first-order valence-corrected chi connectivity index (χ1v) is 7.13. The average molecular weight is 388 g/mol.